The van der Waals surface area contributed by atoms with Crippen molar-refractivity contribution in [2.75, 3.05) is 26.8 Å². The Balaban J connectivity index is 2.34. The number of halogens is 1. The highest BCUT2D eigenvalue weighted by Crippen LogP contribution is 2.31. The van der Waals surface area contributed by atoms with E-state index in [4.69, 9.17) is 26.8 Å². The first-order chi connectivity index (χ1) is 10.3. The van der Waals surface area contributed by atoms with Crippen LogP contribution in [-0.2, 0) is 14.8 Å². The minimum atomic E-state index is -3.68. The molecule has 1 aliphatic rings. The summed E-state index contributed by atoms with van der Waals surface area (Å²) in [5.41, 5.74) is 5.81. The van der Waals surface area contributed by atoms with Crippen molar-refractivity contribution < 1.29 is 17.9 Å². The maximum absolute atomic E-state index is 12.8. The largest absolute Gasteiger partial charge is 0.487 e. The molecule has 1 aliphatic heterocycles. The summed E-state index contributed by atoms with van der Waals surface area (Å²) in [4.78, 5) is 0.0667. The minimum absolute atomic E-state index is 0.0667. The molecule has 2 rings (SSSR count). The van der Waals surface area contributed by atoms with Gasteiger partial charge in [0.15, 0.2) is 0 Å². The SMILES string of the molecule is COCC(C)Oc1ccc(Cl)cc1S(=O)(=O)N1CC[C@@H](N)C1. The molecule has 0 spiro atoms. The van der Waals surface area contributed by atoms with Gasteiger partial charge in [-0.1, -0.05) is 11.6 Å². The molecule has 1 fully saturated rings. The summed E-state index contributed by atoms with van der Waals surface area (Å²) in [5, 5.41) is 0.341. The number of methoxy groups -OCH3 is 1. The Bertz CT molecular complexity index is 623. The normalized spacial score (nSPS) is 21.0. The van der Waals surface area contributed by atoms with Crippen LogP contribution in [0.3, 0.4) is 0 Å². The lowest BCUT2D eigenvalue weighted by Gasteiger charge is -2.21. The van der Waals surface area contributed by atoms with Crippen molar-refractivity contribution in [3.05, 3.63) is 23.2 Å². The summed E-state index contributed by atoms with van der Waals surface area (Å²) in [5.74, 6) is 0.273. The first-order valence-corrected chi connectivity index (χ1v) is 8.87. The molecule has 1 aromatic rings. The van der Waals surface area contributed by atoms with Crippen LogP contribution in [0.5, 0.6) is 5.75 Å². The molecular formula is C14H21ClN2O4S. The van der Waals surface area contributed by atoms with Gasteiger partial charge >= 0.3 is 0 Å². The van der Waals surface area contributed by atoms with E-state index in [1.165, 1.54) is 10.4 Å². The van der Waals surface area contributed by atoms with Crippen molar-refractivity contribution in [3.63, 3.8) is 0 Å². The van der Waals surface area contributed by atoms with Gasteiger partial charge in [-0.15, -0.1) is 0 Å². The zero-order chi connectivity index (χ0) is 16.3. The van der Waals surface area contributed by atoms with E-state index in [1.807, 2.05) is 0 Å². The van der Waals surface area contributed by atoms with Crippen LogP contribution in [-0.4, -0.2) is 51.7 Å². The van der Waals surface area contributed by atoms with Gasteiger partial charge in [-0.3, -0.25) is 0 Å². The zero-order valence-corrected chi connectivity index (χ0v) is 14.2. The Morgan fingerprint density at radius 1 is 1.50 bits per heavy atom. The first-order valence-electron chi connectivity index (χ1n) is 7.05. The molecule has 1 unspecified atom stereocenters. The topological polar surface area (TPSA) is 81.9 Å². The number of sulfonamides is 1. The zero-order valence-electron chi connectivity index (χ0n) is 12.7. The number of hydrogen-bond acceptors (Lipinski definition) is 5. The smallest absolute Gasteiger partial charge is 0.246 e. The van der Waals surface area contributed by atoms with Gasteiger partial charge in [-0.05, 0) is 31.5 Å². The van der Waals surface area contributed by atoms with Crippen LogP contribution in [0.15, 0.2) is 23.1 Å². The van der Waals surface area contributed by atoms with Crippen LogP contribution in [0.2, 0.25) is 5.02 Å². The standard InChI is InChI=1S/C14H21ClN2O4S/c1-10(9-20-2)21-13-4-3-11(15)7-14(13)22(18,19)17-6-5-12(16)8-17/h3-4,7,10,12H,5-6,8-9,16H2,1-2H3/t10?,12-/m1/s1. The fraction of sp³-hybridized carbons (Fsp3) is 0.571. The molecule has 2 atom stereocenters. The predicted molar refractivity (Wildman–Crippen MR) is 84.8 cm³/mol. The molecule has 6 nitrogen and oxygen atoms in total. The van der Waals surface area contributed by atoms with Crippen LogP contribution in [0.1, 0.15) is 13.3 Å². The van der Waals surface area contributed by atoms with Crippen LogP contribution in [0.25, 0.3) is 0 Å². The summed E-state index contributed by atoms with van der Waals surface area (Å²) in [6.07, 6.45) is 0.372. The second kappa shape index (κ2) is 7.14. The van der Waals surface area contributed by atoms with Gasteiger partial charge < -0.3 is 15.2 Å². The average molecular weight is 349 g/mol. The van der Waals surface area contributed by atoms with Crippen molar-refractivity contribution in [1.29, 1.82) is 0 Å². The van der Waals surface area contributed by atoms with Gasteiger partial charge in [-0.25, -0.2) is 8.42 Å². The highest BCUT2D eigenvalue weighted by molar-refractivity contribution is 7.89. The number of ether oxygens (including phenoxy) is 2. The van der Waals surface area contributed by atoms with Gasteiger partial charge in [0.1, 0.15) is 16.7 Å². The summed E-state index contributed by atoms with van der Waals surface area (Å²) < 4.78 is 37.7. The molecule has 22 heavy (non-hydrogen) atoms. The molecule has 0 aliphatic carbocycles. The van der Waals surface area contributed by atoms with Crippen molar-refractivity contribution in [3.8, 4) is 5.75 Å². The van der Waals surface area contributed by atoms with E-state index in [0.29, 0.717) is 31.1 Å². The van der Waals surface area contributed by atoms with Crippen molar-refractivity contribution in [2.45, 2.75) is 30.4 Å². The number of nitrogens with zero attached hydrogens (tertiary/aromatic N) is 1. The molecule has 124 valence electrons. The molecule has 2 N–H and O–H groups in total. The quantitative estimate of drug-likeness (QED) is 0.842. The van der Waals surface area contributed by atoms with Crippen LogP contribution < -0.4 is 10.5 Å². The Labute approximate surface area is 136 Å². The van der Waals surface area contributed by atoms with Crippen LogP contribution >= 0.6 is 11.6 Å². The number of hydrogen-bond donors (Lipinski definition) is 1. The summed E-state index contributed by atoms with van der Waals surface area (Å²) in [6.45, 7) is 2.88. The molecule has 8 heteroatoms. The second-order valence-electron chi connectivity index (χ2n) is 5.39. The second-order valence-corrected chi connectivity index (χ2v) is 7.73. The Morgan fingerprint density at radius 3 is 2.82 bits per heavy atom. The summed E-state index contributed by atoms with van der Waals surface area (Å²) >= 11 is 5.97. The van der Waals surface area contributed by atoms with Gasteiger partial charge in [0.05, 0.1) is 6.61 Å². The summed E-state index contributed by atoms with van der Waals surface area (Å²) in [6, 6.07) is 4.45. The predicted octanol–water partition coefficient (Wildman–Crippen LogP) is 1.48. The maximum atomic E-state index is 12.8. The molecule has 1 aromatic carbocycles. The number of benzene rings is 1. The van der Waals surface area contributed by atoms with Crippen LogP contribution in [0.4, 0.5) is 0 Å². The molecule has 0 aromatic heterocycles. The number of rotatable bonds is 6. The van der Waals surface area contributed by atoms with Gasteiger partial charge in [0.25, 0.3) is 0 Å². The van der Waals surface area contributed by atoms with E-state index in [-0.39, 0.29) is 22.8 Å². The maximum Gasteiger partial charge on any atom is 0.246 e. The highest BCUT2D eigenvalue weighted by atomic mass is 35.5. The van der Waals surface area contributed by atoms with Gasteiger partial charge in [0, 0.05) is 31.3 Å². The number of nitrogens with two attached hydrogens (primary N) is 1. The van der Waals surface area contributed by atoms with E-state index in [2.05, 4.69) is 0 Å². The third-order valence-electron chi connectivity index (χ3n) is 3.44. The third-order valence-corrected chi connectivity index (χ3v) is 5.56. The lowest BCUT2D eigenvalue weighted by Crippen LogP contribution is -2.32. The average Bonchev–Trinajstić information content (AvgIpc) is 2.88. The van der Waals surface area contributed by atoms with E-state index < -0.39 is 10.0 Å². The van der Waals surface area contributed by atoms with Crippen molar-refractivity contribution in [1.82, 2.24) is 4.31 Å². The lowest BCUT2D eigenvalue weighted by atomic mass is 10.3. The fourth-order valence-electron chi connectivity index (χ4n) is 2.38. The molecule has 1 heterocycles. The van der Waals surface area contributed by atoms with E-state index >= 15 is 0 Å². The van der Waals surface area contributed by atoms with Crippen molar-refractivity contribution >= 4 is 21.6 Å². The van der Waals surface area contributed by atoms with Crippen LogP contribution in [0, 0.1) is 0 Å². The van der Waals surface area contributed by atoms with Crippen molar-refractivity contribution in [2.24, 2.45) is 5.73 Å². The summed E-state index contributed by atoms with van der Waals surface area (Å²) in [7, 11) is -2.12. The molecule has 1 saturated heterocycles. The molecule has 0 radical (unpaired) electrons. The minimum Gasteiger partial charge on any atom is -0.487 e. The third kappa shape index (κ3) is 3.91. The monoisotopic (exact) mass is 348 g/mol. The fourth-order valence-corrected chi connectivity index (χ4v) is 4.27. The molecule has 0 amide bonds. The Kier molecular flexibility index (Phi) is 5.68. The molecular weight excluding hydrogens is 328 g/mol. The van der Waals surface area contributed by atoms with Gasteiger partial charge in [0.2, 0.25) is 10.0 Å². The first kappa shape index (κ1) is 17.5. The van der Waals surface area contributed by atoms with E-state index in [0.717, 1.165) is 0 Å². The van der Waals surface area contributed by atoms with E-state index in [9.17, 15) is 8.42 Å². The Morgan fingerprint density at radius 2 is 2.23 bits per heavy atom. The lowest BCUT2D eigenvalue weighted by molar-refractivity contribution is 0.0900. The molecule has 0 bridgehead atoms. The Hall–Kier alpha value is -0.860. The molecule has 0 saturated carbocycles. The highest BCUT2D eigenvalue weighted by Gasteiger charge is 2.33. The van der Waals surface area contributed by atoms with E-state index in [1.54, 1.807) is 26.2 Å². The van der Waals surface area contributed by atoms with Gasteiger partial charge in [-0.2, -0.15) is 4.31 Å².